The Morgan fingerprint density at radius 3 is 2.24 bits per heavy atom. The lowest BCUT2D eigenvalue weighted by atomic mass is 9.48. The van der Waals surface area contributed by atoms with Crippen LogP contribution in [-0.2, 0) is 29.2 Å². The molecule has 7 nitrogen and oxygen atoms in total. The highest BCUT2D eigenvalue weighted by molar-refractivity contribution is 7.85. The second-order valence-corrected chi connectivity index (χ2v) is 11.7. The van der Waals surface area contributed by atoms with Crippen LogP contribution < -0.4 is 0 Å². The molecule has 4 rings (SSSR count). The fourth-order valence-electron chi connectivity index (χ4n) is 6.03. The van der Waals surface area contributed by atoms with Crippen LogP contribution in [-0.4, -0.2) is 42.9 Å². The molecule has 166 valence electrons. The third-order valence-corrected chi connectivity index (χ3v) is 8.48. The van der Waals surface area contributed by atoms with Gasteiger partial charge in [0.25, 0.3) is 10.1 Å². The van der Waals surface area contributed by atoms with Crippen molar-refractivity contribution in [3.8, 4) is 0 Å². The van der Waals surface area contributed by atoms with Crippen molar-refractivity contribution >= 4 is 22.1 Å². The Morgan fingerprint density at radius 1 is 1.17 bits per heavy atom. The third-order valence-electron chi connectivity index (χ3n) is 7.80. The van der Waals surface area contributed by atoms with Crippen LogP contribution in [0.1, 0.15) is 72.6 Å². The van der Waals surface area contributed by atoms with Crippen LogP contribution in [0, 0.1) is 28.6 Å². The molecule has 0 spiro atoms. The van der Waals surface area contributed by atoms with Crippen molar-refractivity contribution in [2.24, 2.45) is 28.6 Å². The van der Waals surface area contributed by atoms with E-state index in [-0.39, 0.29) is 18.5 Å². The zero-order chi connectivity index (χ0) is 21.7. The number of rotatable bonds is 8. The summed E-state index contributed by atoms with van der Waals surface area (Å²) in [6, 6.07) is 0. The fraction of sp³-hybridized carbons (Fsp3) is 0.905. The summed E-state index contributed by atoms with van der Waals surface area (Å²) in [6.07, 6.45) is 5.14. The number of esters is 2. The highest BCUT2D eigenvalue weighted by Gasteiger charge is 2.63. The van der Waals surface area contributed by atoms with Gasteiger partial charge in [-0.25, -0.2) is 0 Å². The number of carbonyl (C=O) groups excluding carboxylic acids is 2. The predicted octanol–water partition coefficient (Wildman–Crippen LogP) is 3.37. The summed E-state index contributed by atoms with van der Waals surface area (Å²) >= 11 is 0. The van der Waals surface area contributed by atoms with Crippen molar-refractivity contribution in [1.82, 2.24) is 0 Å². The van der Waals surface area contributed by atoms with E-state index in [1.54, 1.807) is 0 Å². The highest BCUT2D eigenvalue weighted by atomic mass is 32.2. The van der Waals surface area contributed by atoms with Gasteiger partial charge in [0.2, 0.25) is 0 Å². The first-order valence-electron chi connectivity index (χ1n) is 10.7. The van der Waals surface area contributed by atoms with Crippen LogP contribution in [0.25, 0.3) is 0 Å². The van der Waals surface area contributed by atoms with E-state index in [9.17, 15) is 18.0 Å². The maximum absolute atomic E-state index is 13.1. The van der Waals surface area contributed by atoms with Crippen molar-refractivity contribution in [3.05, 3.63) is 0 Å². The second-order valence-electron chi connectivity index (χ2n) is 10.2. The van der Waals surface area contributed by atoms with Crippen molar-refractivity contribution in [2.45, 2.75) is 78.2 Å². The molecular formula is C21H34O7S. The largest absolute Gasteiger partial charge is 0.464 e. The van der Waals surface area contributed by atoms with Gasteiger partial charge in [-0.2, -0.15) is 8.42 Å². The zero-order valence-corrected chi connectivity index (χ0v) is 18.7. The van der Waals surface area contributed by atoms with Gasteiger partial charge in [0, 0.05) is 6.42 Å². The van der Waals surface area contributed by atoms with Gasteiger partial charge in [0.05, 0.1) is 10.8 Å². The second kappa shape index (κ2) is 7.52. The molecule has 3 atom stereocenters. The van der Waals surface area contributed by atoms with Crippen molar-refractivity contribution < 1.29 is 32.0 Å². The van der Waals surface area contributed by atoms with Crippen LogP contribution in [0.15, 0.2) is 0 Å². The van der Waals surface area contributed by atoms with Crippen LogP contribution in [0.5, 0.6) is 0 Å². The topological polar surface area (TPSA) is 107 Å². The van der Waals surface area contributed by atoms with Crippen LogP contribution >= 0.6 is 0 Å². The SMILES string of the molecule is CCC(C)(C(=O)OC12CC3CC(C1)CC(C(=O)OCCS(=O)(=O)O)(C3)C2)C(C)C. The van der Waals surface area contributed by atoms with E-state index in [4.69, 9.17) is 14.0 Å². The van der Waals surface area contributed by atoms with Gasteiger partial charge in [-0.15, -0.1) is 0 Å². The molecule has 1 N–H and O–H groups in total. The maximum Gasteiger partial charge on any atom is 0.312 e. The molecular weight excluding hydrogens is 396 g/mol. The summed E-state index contributed by atoms with van der Waals surface area (Å²) in [7, 11) is -4.18. The molecule has 4 aliphatic rings. The van der Waals surface area contributed by atoms with E-state index in [1.807, 2.05) is 27.7 Å². The third kappa shape index (κ3) is 4.33. The van der Waals surface area contributed by atoms with E-state index in [0.29, 0.717) is 37.5 Å². The summed E-state index contributed by atoms with van der Waals surface area (Å²) in [4.78, 5) is 26.1. The highest BCUT2D eigenvalue weighted by Crippen LogP contribution is 2.63. The molecule has 3 unspecified atom stereocenters. The van der Waals surface area contributed by atoms with Crippen LogP contribution in [0.2, 0.25) is 0 Å². The Hall–Kier alpha value is -1.15. The van der Waals surface area contributed by atoms with E-state index < -0.39 is 38.3 Å². The summed E-state index contributed by atoms with van der Waals surface area (Å²) in [5, 5.41) is 0. The molecule has 0 aromatic carbocycles. The molecule has 0 saturated heterocycles. The lowest BCUT2D eigenvalue weighted by Gasteiger charge is -2.60. The van der Waals surface area contributed by atoms with Gasteiger partial charge in [-0.05, 0) is 63.2 Å². The summed E-state index contributed by atoms with van der Waals surface area (Å²) in [5.74, 6) is -0.446. The standard InChI is InChI=1S/C21H34O7S/c1-5-19(4,14(2)3)17(22)28-21-11-15-8-16(12-21)10-20(9-15,13-21)18(23)27-6-7-29(24,25)26/h14-16H,5-13H2,1-4H3,(H,24,25,26). The lowest BCUT2D eigenvalue weighted by molar-refractivity contribution is -0.219. The molecule has 0 heterocycles. The summed E-state index contributed by atoms with van der Waals surface area (Å²) in [5.41, 5.74) is -1.91. The minimum Gasteiger partial charge on any atom is -0.464 e. The van der Waals surface area contributed by atoms with E-state index in [0.717, 1.165) is 19.3 Å². The maximum atomic E-state index is 13.1. The van der Waals surface area contributed by atoms with Crippen LogP contribution in [0.4, 0.5) is 0 Å². The lowest BCUT2D eigenvalue weighted by Crippen LogP contribution is -2.60. The average Bonchev–Trinajstić information content (AvgIpc) is 2.57. The quantitative estimate of drug-likeness (QED) is 0.465. The number of hydrogen-bond donors (Lipinski definition) is 1. The molecule has 0 amide bonds. The fourth-order valence-corrected chi connectivity index (χ4v) is 6.32. The molecule has 4 saturated carbocycles. The van der Waals surface area contributed by atoms with Crippen molar-refractivity contribution in [3.63, 3.8) is 0 Å². The molecule has 29 heavy (non-hydrogen) atoms. The van der Waals surface area contributed by atoms with E-state index in [2.05, 4.69) is 0 Å². The zero-order valence-electron chi connectivity index (χ0n) is 17.9. The van der Waals surface area contributed by atoms with Crippen LogP contribution in [0.3, 0.4) is 0 Å². The van der Waals surface area contributed by atoms with Gasteiger partial charge in [0.15, 0.2) is 0 Å². The molecule has 4 bridgehead atoms. The first kappa shape index (κ1) is 22.5. The molecule has 0 aromatic rings. The van der Waals surface area contributed by atoms with E-state index in [1.165, 1.54) is 0 Å². The Kier molecular flexibility index (Phi) is 5.84. The molecule has 4 aliphatic carbocycles. The normalized spacial score (nSPS) is 35.4. The minimum absolute atomic E-state index is 0.147. The molecule has 0 radical (unpaired) electrons. The average molecular weight is 431 g/mol. The first-order chi connectivity index (χ1) is 13.3. The number of carbonyl (C=O) groups is 2. The first-order valence-corrected chi connectivity index (χ1v) is 12.3. The van der Waals surface area contributed by atoms with Crippen molar-refractivity contribution in [1.29, 1.82) is 0 Å². The summed E-state index contributed by atoms with van der Waals surface area (Å²) in [6.45, 7) is 7.63. The Morgan fingerprint density at radius 2 is 1.76 bits per heavy atom. The van der Waals surface area contributed by atoms with Gasteiger partial charge in [0.1, 0.15) is 18.0 Å². The Bertz CT molecular complexity index is 758. The number of hydrogen-bond acceptors (Lipinski definition) is 6. The van der Waals surface area contributed by atoms with Gasteiger partial charge in [-0.3, -0.25) is 14.1 Å². The Labute approximate surface area is 173 Å². The monoisotopic (exact) mass is 430 g/mol. The van der Waals surface area contributed by atoms with Gasteiger partial charge < -0.3 is 9.47 Å². The van der Waals surface area contributed by atoms with E-state index >= 15 is 0 Å². The van der Waals surface area contributed by atoms with Gasteiger partial charge >= 0.3 is 11.9 Å². The molecule has 0 aliphatic heterocycles. The molecule has 0 aromatic heterocycles. The van der Waals surface area contributed by atoms with Crippen molar-refractivity contribution in [2.75, 3.05) is 12.4 Å². The Balaban J connectivity index is 1.77. The number of ether oxygens (including phenoxy) is 2. The predicted molar refractivity (Wildman–Crippen MR) is 107 cm³/mol. The summed E-state index contributed by atoms with van der Waals surface area (Å²) < 4.78 is 42.2. The molecule has 4 fully saturated rings. The smallest absolute Gasteiger partial charge is 0.312 e. The van der Waals surface area contributed by atoms with Gasteiger partial charge in [-0.1, -0.05) is 20.8 Å². The minimum atomic E-state index is -4.18. The molecule has 8 heteroatoms.